The van der Waals surface area contributed by atoms with Crippen LogP contribution in [0.3, 0.4) is 0 Å². The molecule has 0 saturated carbocycles. The molecule has 0 spiro atoms. The number of nitrogens with two attached hydrogens (primary N) is 1. The van der Waals surface area contributed by atoms with Gasteiger partial charge in [0, 0.05) is 11.8 Å². The van der Waals surface area contributed by atoms with Gasteiger partial charge >= 0.3 is 6.18 Å². The van der Waals surface area contributed by atoms with Crippen LogP contribution in [0.4, 0.5) is 19.1 Å². The van der Waals surface area contributed by atoms with E-state index in [1.807, 2.05) is 0 Å². The fourth-order valence-corrected chi connectivity index (χ4v) is 2.29. The van der Waals surface area contributed by atoms with Gasteiger partial charge in [0.15, 0.2) is 5.65 Å². The van der Waals surface area contributed by atoms with Crippen LogP contribution in [0.5, 0.6) is 0 Å². The second-order valence-corrected chi connectivity index (χ2v) is 4.69. The lowest BCUT2D eigenvalue weighted by atomic mass is 10.00. The lowest BCUT2D eigenvalue weighted by Gasteiger charge is -2.13. The zero-order chi connectivity index (χ0) is 15.2. The Hall–Kier alpha value is -2.57. The maximum Gasteiger partial charge on any atom is 0.417 e. The molecule has 0 fully saturated rings. The fourth-order valence-electron chi connectivity index (χ4n) is 2.29. The van der Waals surface area contributed by atoms with Crippen LogP contribution in [0.2, 0.25) is 0 Å². The number of pyridine rings is 1. The van der Waals surface area contributed by atoms with Gasteiger partial charge < -0.3 is 5.73 Å². The number of aromatic nitrogens is 3. The molecule has 21 heavy (non-hydrogen) atoms. The Morgan fingerprint density at radius 3 is 2.62 bits per heavy atom. The minimum atomic E-state index is -4.42. The number of hydrogen-bond acceptors (Lipinski definition) is 3. The first kappa shape index (κ1) is 13.4. The second kappa shape index (κ2) is 4.47. The summed E-state index contributed by atoms with van der Waals surface area (Å²) in [6.07, 6.45) is -2.92. The monoisotopic (exact) mass is 292 g/mol. The largest absolute Gasteiger partial charge is 0.417 e. The number of nitrogen functional groups attached to an aromatic ring is 1. The molecule has 0 aliphatic heterocycles. The summed E-state index contributed by atoms with van der Waals surface area (Å²) in [6.45, 7) is 1.75. The third-order valence-electron chi connectivity index (χ3n) is 3.18. The minimum Gasteiger partial charge on any atom is -0.366 e. The molecule has 0 saturated heterocycles. The second-order valence-electron chi connectivity index (χ2n) is 4.69. The number of benzene rings is 1. The van der Waals surface area contributed by atoms with Crippen molar-refractivity contribution in [3.05, 3.63) is 47.7 Å². The van der Waals surface area contributed by atoms with Crippen LogP contribution in [0.25, 0.3) is 16.8 Å². The summed E-state index contributed by atoms with van der Waals surface area (Å²) < 4.78 is 40.7. The molecule has 2 N–H and O–H groups in total. The van der Waals surface area contributed by atoms with E-state index in [-0.39, 0.29) is 11.5 Å². The number of anilines is 1. The van der Waals surface area contributed by atoms with Crippen molar-refractivity contribution in [3.63, 3.8) is 0 Å². The molecule has 0 radical (unpaired) electrons. The third kappa shape index (κ3) is 2.31. The summed E-state index contributed by atoms with van der Waals surface area (Å²) in [4.78, 5) is 4.03. The van der Waals surface area contributed by atoms with Crippen LogP contribution in [-0.4, -0.2) is 14.6 Å². The van der Waals surface area contributed by atoms with Gasteiger partial charge in [-0.1, -0.05) is 18.2 Å². The topological polar surface area (TPSA) is 56.2 Å². The standard InChI is InChI=1S/C14H11F3N4/c1-8-6-9(7-21-12(8)19-13(18)20-21)10-4-2-3-5-11(10)14(15,16)17/h2-7H,1H3,(H2,18,20). The molecule has 0 amide bonds. The van der Waals surface area contributed by atoms with Crippen molar-refractivity contribution in [1.29, 1.82) is 0 Å². The normalized spacial score (nSPS) is 12.0. The Morgan fingerprint density at radius 1 is 1.19 bits per heavy atom. The van der Waals surface area contributed by atoms with Gasteiger partial charge in [-0.25, -0.2) is 4.52 Å². The van der Waals surface area contributed by atoms with Gasteiger partial charge in [0.2, 0.25) is 5.95 Å². The van der Waals surface area contributed by atoms with Gasteiger partial charge in [0.05, 0.1) is 5.56 Å². The molecule has 2 aromatic heterocycles. The van der Waals surface area contributed by atoms with Crippen LogP contribution < -0.4 is 5.73 Å². The van der Waals surface area contributed by atoms with Gasteiger partial charge in [-0.15, -0.1) is 5.10 Å². The number of nitrogens with zero attached hydrogens (tertiary/aromatic N) is 3. The maximum atomic E-state index is 13.1. The molecule has 0 aliphatic carbocycles. The molecule has 1 aromatic carbocycles. The van der Waals surface area contributed by atoms with Crippen molar-refractivity contribution in [2.75, 3.05) is 5.73 Å². The Kier molecular flexibility index (Phi) is 2.86. The van der Waals surface area contributed by atoms with Crippen LogP contribution in [0.15, 0.2) is 36.5 Å². The van der Waals surface area contributed by atoms with E-state index in [4.69, 9.17) is 5.73 Å². The smallest absolute Gasteiger partial charge is 0.366 e. The van der Waals surface area contributed by atoms with Crippen LogP contribution in [0, 0.1) is 6.92 Å². The average Bonchev–Trinajstić information content (AvgIpc) is 2.79. The van der Waals surface area contributed by atoms with E-state index in [1.54, 1.807) is 19.1 Å². The van der Waals surface area contributed by atoms with Crippen molar-refractivity contribution < 1.29 is 13.2 Å². The van der Waals surface area contributed by atoms with Crippen LogP contribution in [0.1, 0.15) is 11.1 Å². The quantitative estimate of drug-likeness (QED) is 0.748. The van der Waals surface area contributed by atoms with E-state index in [1.165, 1.54) is 22.8 Å². The van der Waals surface area contributed by atoms with Crippen molar-refractivity contribution in [3.8, 4) is 11.1 Å². The molecule has 108 valence electrons. The molecule has 7 heteroatoms. The van der Waals surface area contributed by atoms with Gasteiger partial charge in [-0.2, -0.15) is 18.2 Å². The Labute approximate surface area is 118 Å². The summed E-state index contributed by atoms with van der Waals surface area (Å²) in [5.41, 5.74) is 6.59. The van der Waals surface area contributed by atoms with Crippen LogP contribution in [-0.2, 0) is 6.18 Å². The number of aryl methyl sites for hydroxylation is 1. The number of alkyl halides is 3. The van der Waals surface area contributed by atoms with E-state index in [0.29, 0.717) is 16.8 Å². The summed E-state index contributed by atoms with van der Waals surface area (Å²) in [7, 11) is 0. The highest BCUT2D eigenvalue weighted by Gasteiger charge is 2.33. The first-order chi connectivity index (χ1) is 9.86. The molecule has 3 aromatic rings. The zero-order valence-corrected chi connectivity index (χ0v) is 11.0. The van der Waals surface area contributed by atoms with Crippen molar-refractivity contribution >= 4 is 11.6 Å². The van der Waals surface area contributed by atoms with Gasteiger partial charge in [-0.3, -0.25) is 0 Å². The Morgan fingerprint density at radius 2 is 1.90 bits per heavy atom. The summed E-state index contributed by atoms with van der Waals surface area (Å²) in [6, 6.07) is 7.08. The maximum absolute atomic E-state index is 13.1. The van der Waals surface area contributed by atoms with E-state index in [9.17, 15) is 13.2 Å². The first-order valence-corrected chi connectivity index (χ1v) is 6.15. The van der Waals surface area contributed by atoms with Crippen molar-refractivity contribution in [1.82, 2.24) is 14.6 Å². The Bertz CT molecular complexity index is 821. The number of rotatable bonds is 1. The average molecular weight is 292 g/mol. The first-order valence-electron chi connectivity index (χ1n) is 6.15. The van der Waals surface area contributed by atoms with Crippen molar-refractivity contribution in [2.45, 2.75) is 13.1 Å². The van der Waals surface area contributed by atoms with Crippen molar-refractivity contribution in [2.24, 2.45) is 0 Å². The van der Waals surface area contributed by atoms with E-state index < -0.39 is 11.7 Å². The molecule has 0 aliphatic rings. The van der Waals surface area contributed by atoms with E-state index >= 15 is 0 Å². The van der Waals surface area contributed by atoms with Gasteiger partial charge in [0.25, 0.3) is 0 Å². The molecular weight excluding hydrogens is 281 g/mol. The molecule has 3 rings (SSSR count). The predicted molar refractivity (Wildman–Crippen MR) is 72.6 cm³/mol. The van der Waals surface area contributed by atoms with E-state index in [2.05, 4.69) is 10.1 Å². The molecule has 0 atom stereocenters. The lowest BCUT2D eigenvalue weighted by molar-refractivity contribution is -0.137. The zero-order valence-electron chi connectivity index (χ0n) is 11.0. The van der Waals surface area contributed by atoms with Crippen LogP contribution >= 0.6 is 0 Å². The summed E-state index contributed by atoms with van der Waals surface area (Å²) in [5, 5.41) is 3.95. The SMILES string of the molecule is Cc1cc(-c2ccccc2C(F)(F)F)cn2nc(N)nc12. The molecular formula is C14H11F3N4. The highest BCUT2D eigenvalue weighted by Crippen LogP contribution is 2.37. The lowest BCUT2D eigenvalue weighted by Crippen LogP contribution is -2.07. The van der Waals surface area contributed by atoms with Gasteiger partial charge in [0.1, 0.15) is 0 Å². The molecule has 0 unspecified atom stereocenters. The molecule has 2 heterocycles. The predicted octanol–water partition coefficient (Wildman–Crippen LogP) is 3.31. The van der Waals surface area contributed by atoms with E-state index in [0.717, 1.165) is 6.07 Å². The number of fused-ring (bicyclic) bond motifs is 1. The highest BCUT2D eigenvalue weighted by molar-refractivity contribution is 5.70. The minimum absolute atomic E-state index is 0.0827. The number of halogens is 3. The third-order valence-corrected chi connectivity index (χ3v) is 3.18. The summed E-state index contributed by atoms with van der Waals surface area (Å²) in [5.74, 6) is 0.0827. The Balaban J connectivity index is 2.26. The molecule has 0 bridgehead atoms. The fraction of sp³-hybridized carbons (Fsp3) is 0.143. The number of hydrogen-bond donors (Lipinski definition) is 1. The summed E-state index contributed by atoms with van der Waals surface area (Å²) >= 11 is 0. The molecule has 4 nitrogen and oxygen atoms in total. The highest BCUT2D eigenvalue weighted by atomic mass is 19.4. The van der Waals surface area contributed by atoms with Gasteiger partial charge in [-0.05, 0) is 30.2 Å².